The Morgan fingerprint density at radius 3 is 2.63 bits per heavy atom. The molecule has 0 bridgehead atoms. The van der Waals surface area contributed by atoms with Crippen LogP contribution in [0.15, 0.2) is 29.4 Å². The number of carbonyl (C=O) groups excluding carboxylic acids is 2. The van der Waals surface area contributed by atoms with Crippen molar-refractivity contribution in [2.45, 2.75) is 71.1 Å². The van der Waals surface area contributed by atoms with Crippen molar-refractivity contribution < 1.29 is 19.1 Å². The summed E-state index contributed by atoms with van der Waals surface area (Å²) in [5, 5.41) is 12.7. The second kappa shape index (κ2) is 12.3. The van der Waals surface area contributed by atoms with E-state index in [2.05, 4.69) is 48.4 Å². The number of hydrogen-bond donors (Lipinski definition) is 1. The molecule has 2 unspecified atom stereocenters. The van der Waals surface area contributed by atoms with Crippen molar-refractivity contribution in [1.82, 2.24) is 14.8 Å². The number of carbonyl (C=O) groups is 2. The highest BCUT2D eigenvalue weighted by molar-refractivity contribution is 7.99. The third kappa shape index (κ3) is 6.40. The van der Waals surface area contributed by atoms with Gasteiger partial charge in [0.1, 0.15) is 10.8 Å². The van der Waals surface area contributed by atoms with Gasteiger partial charge in [-0.1, -0.05) is 44.7 Å². The second-order valence-corrected chi connectivity index (χ2v) is 12.0. The fourth-order valence-corrected chi connectivity index (χ4v) is 6.68. The Balaban J connectivity index is 1.39. The highest BCUT2D eigenvalue weighted by Gasteiger charge is 2.29. The van der Waals surface area contributed by atoms with E-state index in [0.717, 1.165) is 30.6 Å². The summed E-state index contributed by atoms with van der Waals surface area (Å²) in [4.78, 5) is 26.8. The van der Waals surface area contributed by atoms with Crippen LogP contribution in [0.25, 0.3) is 0 Å². The van der Waals surface area contributed by atoms with Crippen LogP contribution in [0.2, 0.25) is 0 Å². The molecule has 0 fully saturated rings. The summed E-state index contributed by atoms with van der Waals surface area (Å²) in [7, 11) is 1.87. The summed E-state index contributed by atoms with van der Waals surface area (Å²) in [5.41, 5.74) is 2.80. The van der Waals surface area contributed by atoms with Gasteiger partial charge in [0.25, 0.3) is 0 Å². The molecule has 1 aliphatic carbocycles. The Kier molecular flexibility index (Phi) is 9.15. The minimum Gasteiger partial charge on any atom is -0.483 e. The molecule has 0 aliphatic heterocycles. The predicted octanol–water partition coefficient (Wildman–Crippen LogP) is 6.17. The molecular weight excluding hydrogens is 520 g/mol. The van der Waals surface area contributed by atoms with E-state index >= 15 is 0 Å². The number of thioether (sulfide) groups is 1. The Bertz CT molecular complexity index is 1280. The van der Waals surface area contributed by atoms with E-state index < -0.39 is 0 Å². The lowest BCUT2D eigenvalue weighted by Gasteiger charge is -2.18. The lowest BCUT2D eigenvalue weighted by Crippen LogP contribution is -2.18. The molecule has 1 N–H and O–H groups in total. The fourth-order valence-electron chi connectivity index (χ4n) is 4.54. The van der Waals surface area contributed by atoms with Crippen LogP contribution in [-0.2, 0) is 29.4 Å². The predicted molar refractivity (Wildman–Crippen MR) is 151 cm³/mol. The number of nitrogens with zero attached hydrogens (tertiary/aromatic N) is 3. The van der Waals surface area contributed by atoms with Crippen molar-refractivity contribution >= 4 is 40.0 Å². The molecular formula is C28H36N4O4S2. The molecule has 0 saturated heterocycles. The Morgan fingerprint density at radius 1 is 1.21 bits per heavy atom. The molecule has 38 heavy (non-hydrogen) atoms. The average Bonchev–Trinajstić information content (AvgIpc) is 3.42. The first-order chi connectivity index (χ1) is 18.2. The third-order valence-corrected chi connectivity index (χ3v) is 8.86. The molecule has 2 heterocycles. The van der Waals surface area contributed by atoms with Gasteiger partial charge >= 0.3 is 5.97 Å². The van der Waals surface area contributed by atoms with E-state index in [0.29, 0.717) is 40.0 Å². The van der Waals surface area contributed by atoms with Gasteiger partial charge in [-0.2, -0.15) is 0 Å². The van der Waals surface area contributed by atoms with Crippen molar-refractivity contribution in [1.29, 1.82) is 0 Å². The highest BCUT2D eigenvalue weighted by atomic mass is 32.2. The molecule has 0 spiro atoms. The molecule has 204 valence electrons. The van der Waals surface area contributed by atoms with E-state index in [4.69, 9.17) is 9.47 Å². The molecule has 0 radical (unpaired) electrons. The second-order valence-electron chi connectivity index (χ2n) is 10.00. The monoisotopic (exact) mass is 556 g/mol. The lowest BCUT2D eigenvalue weighted by molar-refractivity contribution is -0.113. The first-order valence-corrected chi connectivity index (χ1v) is 14.9. The number of hydrogen-bond acceptors (Lipinski definition) is 8. The van der Waals surface area contributed by atoms with Crippen LogP contribution in [0.4, 0.5) is 5.00 Å². The number of anilines is 1. The Hall–Kier alpha value is -2.85. The smallest absolute Gasteiger partial charge is 0.341 e. The van der Waals surface area contributed by atoms with Gasteiger partial charge in [-0.15, -0.1) is 21.5 Å². The number of esters is 1. The van der Waals surface area contributed by atoms with E-state index in [1.807, 2.05) is 30.7 Å². The van der Waals surface area contributed by atoms with Gasteiger partial charge in [0.2, 0.25) is 5.91 Å². The van der Waals surface area contributed by atoms with Crippen molar-refractivity contribution in [2.24, 2.45) is 13.0 Å². The third-order valence-electron chi connectivity index (χ3n) is 6.67. The Labute approximate surface area is 232 Å². The molecule has 10 heteroatoms. The maximum Gasteiger partial charge on any atom is 0.341 e. The van der Waals surface area contributed by atoms with Crippen LogP contribution in [0, 0.1) is 5.92 Å². The van der Waals surface area contributed by atoms with Gasteiger partial charge in [-0.05, 0) is 68.2 Å². The van der Waals surface area contributed by atoms with Gasteiger partial charge in [0, 0.05) is 11.9 Å². The number of ether oxygens (including phenoxy) is 2. The standard InChI is InChI=1S/C28H36N4O4S2/c1-7-35-27(34)24-21-13-8-17(4)14-22(21)38-26(24)29-23(33)15-37-28-31-30-25(32(28)6)18(5)36-20-11-9-19(10-12-20)16(2)3/h9-12,16-18H,7-8,13-15H2,1-6H3,(H,29,33). The number of rotatable bonds is 10. The first-order valence-electron chi connectivity index (χ1n) is 13.1. The van der Waals surface area contributed by atoms with Gasteiger partial charge in [-0.25, -0.2) is 4.79 Å². The molecule has 4 rings (SSSR count). The summed E-state index contributed by atoms with van der Waals surface area (Å²) in [6, 6.07) is 8.08. The Morgan fingerprint density at radius 2 is 1.95 bits per heavy atom. The molecule has 1 aliphatic rings. The summed E-state index contributed by atoms with van der Waals surface area (Å²) < 4.78 is 13.2. The van der Waals surface area contributed by atoms with Crippen LogP contribution in [0.5, 0.6) is 5.75 Å². The minimum absolute atomic E-state index is 0.138. The topological polar surface area (TPSA) is 95.3 Å². The van der Waals surface area contributed by atoms with E-state index in [1.165, 1.54) is 33.5 Å². The molecule has 1 amide bonds. The molecule has 0 saturated carbocycles. The minimum atomic E-state index is -0.367. The molecule has 1 aromatic carbocycles. The van der Waals surface area contributed by atoms with Gasteiger partial charge in [0.05, 0.1) is 17.9 Å². The highest BCUT2D eigenvalue weighted by Crippen LogP contribution is 2.40. The van der Waals surface area contributed by atoms with Gasteiger partial charge in [-0.3, -0.25) is 4.79 Å². The molecule has 3 aromatic rings. The lowest BCUT2D eigenvalue weighted by atomic mass is 9.88. The SMILES string of the molecule is CCOC(=O)c1c(NC(=O)CSc2nnc(C(C)Oc3ccc(C(C)C)cc3)n2C)sc2c1CCC(C)C2. The van der Waals surface area contributed by atoms with Crippen molar-refractivity contribution in [3.05, 3.63) is 51.7 Å². The average molecular weight is 557 g/mol. The number of amides is 1. The number of fused-ring (bicyclic) bond motifs is 1. The van der Waals surface area contributed by atoms with Crippen LogP contribution in [0.3, 0.4) is 0 Å². The zero-order valence-electron chi connectivity index (χ0n) is 22.9. The van der Waals surface area contributed by atoms with E-state index in [1.54, 1.807) is 6.92 Å². The van der Waals surface area contributed by atoms with E-state index in [-0.39, 0.29) is 23.7 Å². The van der Waals surface area contributed by atoms with Crippen molar-refractivity contribution in [2.75, 3.05) is 17.7 Å². The number of benzene rings is 1. The zero-order valence-corrected chi connectivity index (χ0v) is 24.5. The fraction of sp³-hybridized carbons (Fsp3) is 0.500. The van der Waals surface area contributed by atoms with Gasteiger partial charge in [0.15, 0.2) is 17.1 Å². The van der Waals surface area contributed by atoms with Crippen molar-refractivity contribution in [3.63, 3.8) is 0 Å². The molecule has 2 aromatic heterocycles. The van der Waals surface area contributed by atoms with Crippen LogP contribution in [-0.4, -0.2) is 39.0 Å². The summed E-state index contributed by atoms with van der Waals surface area (Å²) in [5.74, 6) is 2.03. The quantitative estimate of drug-likeness (QED) is 0.236. The van der Waals surface area contributed by atoms with Gasteiger partial charge < -0.3 is 19.4 Å². The molecule has 2 atom stereocenters. The van der Waals surface area contributed by atoms with Crippen LogP contribution < -0.4 is 10.1 Å². The number of thiophene rings is 1. The largest absolute Gasteiger partial charge is 0.483 e. The van der Waals surface area contributed by atoms with Crippen LogP contribution in [0.1, 0.15) is 85.2 Å². The molecule has 8 nitrogen and oxygen atoms in total. The summed E-state index contributed by atoms with van der Waals surface area (Å²) in [6.07, 6.45) is 2.46. The summed E-state index contributed by atoms with van der Waals surface area (Å²) >= 11 is 2.79. The maximum absolute atomic E-state index is 12.9. The normalized spacial score (nSPS) is 15.7. The summed E-state index contributed by atoms with van der Waals surface area (Å²) in [6.45, 7) is 10.5. The first kappa shape index (κ1) is 28.2. The number of aromatic nitrogens is 3. The zero-order chi connectivity index (χ0) is 27.4. The number of nitrogens with one attached hydrogen (secondary N) is 1. The van der Waals surface area contributed by atoms with E-state index in [9.17, 15) is 9.59 Å². The maximum atomic E-state index is 12.9. The van der Waals surface area contributed by atoms with Crippen molar-refractivity contribution in [3.8, 4) is 5.75 Å². The van der Waals surface area contributed by atoms with Crippen LogP contribution >= 0.6 is 23.1 Å².